The third-order valence-corrected chi connectivity index (χ3v) is 4.16. The first-order valence-corrected chi connectivity index (χ1v) is 7.13. The van der Waals surface area contributed by atoms with Crippen LogP contribution < -0.4 is 5.73 Å². The van der Waals surface area contributed by atoms with E-state index >= 15 is 0 Å². The topological polar surface area (TPSA) is 46.3 Å². The lowest BCUT2D eigenvalue weighted by atomic mass is 9.84. The molecule has 1 aliphatic heterocycles. The molecule has 0 saturated carbocycles. The van der Waals surface area contributed by atoms with Crippen LogP contribution in [-0.2, 0) is 0 Å². The Labute approximate surface area is 121 Å². The third-order valence-electron chi connectivity index (χ3n) is 3.50. The molecule has 2 N–H and O–H groups in total. The Hall–Kier alpha value is -1.10. The molecule has 19 heavy (non-hydrogen) atoms. The summed E-state index contributed by atoms with van der Waals surface area (Å²) in [6, 6.07) is 2.65. The normalized spacial score (nSPS) is 18.4. The molecule has 5 heteroatoms. The Balaban J connectivity index is 2.27. The first kappa shape index (κ1) is 14.3. The van der Waals surface area contributed by atoms with Gasteiger partial charge in [-0.1, -0.05) is 13.8 Å². The summed E-state index contributed by atoms with van der Waals surface area (Å²) in [5, 5.41) is 0. The molecule has 0 spiro atoms. The molecule has 1 saturated heterocycles. The van der Waals surface area contributed by atoms with Crippen LogP contribution in [0.15, 0.2) is 16.6 Å². The SMILES string of the molecule is CC1(C)CCCN(C(=O)c2cc(N)c(F)cc2Br)C1. The molecule has 3 nitrogen and oxygen atoms in total. The average molecular weight is 329 g/mol. The summed E-state index contributed by atoms with van der Waals surface area (Å²) in [6.07, 6.45) is 2.11. The van der Waals surface area contributed by atoms with Gasteiger partial charge in [-0.15, -0.1) is 0 Å². The molecule has 0 aromatic heterocycles. The van der Waals surface area contributed by atoms with Crippen molar-refractivity contribution in [2.24, 2.45) is 5.41 Å². The molecule has 0 aliphatic carbocycles. The smallest absolute Gasteiger partial charge is 0.255 e. The zero-order valence-corrected chi connectivity index (χ0v) is 12.8. The van der Waals surface area contributed by atoms with Crippen LogP contribution in [-0.4, -0.2) is 23.9 Å². The molecule has 0 radical (unpaired) electrons. The molecule has 0 bridgehead atoms. The van der Waals surface area contributed by atoms with Gasteiger partial charge in [-0.25, -0.2) is 4.39 Å². The van der Waals surface area contributed by atoms with E-state index in [1.54, 1.807) is 0 Å². The fraction of sp³-hybridized carbons (Fsp3) is 0.500. The molecule has 2 rings (SSSR count). The second-order valence-corrected chi connectivity index (χ2v) is 6.70. The number of nitrogens with zero attached hydrogens (tertiary/aromatic N) is 1. The van der Waals surface area contributed by atoms with Crippen molar-refractivity contribution in [1.29, 1.82) is 0 Å². The number of nitrogens with two attached hydrogens (primary N) is 1. The Morgan fingerprint density at radius 3 is 2.79 bits per heavy atom. The van der Waals surface area contributed by atoms with Crippen molar-refractivity contribution >= 4 is 27.5 Å². The summed E-state index contributed by atoms with van der Waals surface area (Å²) in [7, 11) is 0. The van der Waals surface area contributed by atoms with Gasteiger partial charge in [0, 0.05) is 17.6 Å². The number of piperidine rings is 1. The van der Waals surface area contributed by atoms with E-state index in [2.05, 4.69) is 29.8 Å². The number of carbonyl (C=O) groups excluding carboxylic acids is 1. The number of hydrogen-bond acceptors (Lipinski definition) is 2. The highest BCUT2D eigenvalue weighted by Crippen LogP contribution is 2.31. The molecular weight excluding hydrogens is 311 g/mol. The minimum Gasteiger partial charge on any atom is -0.396 e. The van der Waals surface area contributed by atoms with Gasteiger partial charge >= 0.3 is 0 Å². The van der Waals surface area contributed by atoms with Crippen LogP contribution in [0.25, 0.3) is 0 Å². The summed E-state index contributed by atoms with van der Waals surface area (Å²) in [5.41, 5.74) is 6.10. The van der Waals surface area contributed by atoms with E-state index in [-0.39, 0.29) is 17.0 Å². The molecule has 0 atom stereocenters. The van der Waals surface area contributed by atoms with Gasteiger partial charge in [-0.2, -0.15) is 0 Å². The maximum Gasteiger partial charge on any atom is 0.255 e. The van der Waals surface area contributed by atoms with Crippen LogP contribution in [0.5, 0.6) is 0 Å². The van der Waals surface area contributed by atoms with Crippen molar-refractivity contribution in [3.05, 3.63) is 28.0 Å². The number of amides is 1. The van der Waals surface area contributed by atoms with Crippen LogP contribution in [0.4, 0.5) is 10.1 Å². The summed E-state index contributed by atoms with van der Waals surface area (Å²) in [4.78, 5) is 14.3. The number of likely N-dealkylation sites (tertiary alicyclic amines) is 1. The van der Waals surface area contributed by atoms with Gasteiger partial charge in [0.2, 0.25) is 0 Å². The molecule has 1 aliphatic rings. The zero-order valence-electron chi connectivity index (χ0n) is 11.2. The summed E-state index contributed by atoms with van der Waals surface area (Å²) >= 11 is 3.23. The van der Waals surface area contributed by atoms with Crippen LogP contribution in [0.1, 0.15) is 37.0 Å². The molecule has 1 heterocycles. The van der Waals surface area contributed by atoms with Gasteiger partial charge in [0.25, 0.3) is 5.91 Å². The van der Waals surface area contributed by atoms with Gasteiger partial charge in [-0.05, 0) is 46.3 Å². The standard InChI is InChI=1S/C14H18BrFN2O/c1-14(2)4-3-5-18(8-14)13(19)9-6-12(17)11(16)7-10(9)15/h6-7H,3-5,8,17H2,1-2H3. The van der Waals surface area contributed by atoms with Crippen molar-refractivity contribution in [2.75, 3.05) is 18.8 Å². The molecule has 104 valence electrons. The summed E-state index contributed by atoms with van der Waals surface area (Å²) in [6.45, 7) is 5.77. The van der Waals surface area contributed by atoms with Gasteiger partial charge in [0.05, 0.1) is 11.3 Å². The van der Waals surface area contributed by atoms with Gasteiger partial charge in [0.1, 0.15) is 5.82 Å². The van der Waals surface area contributed by atoms with E-state index in [9.17, 15) is 9.18 Å². The number of benzene rings is 1. The second-order valence-electron chi connectivity index (χ2n) is 5.85. The maximum absolute atomic E-state index is 13.3. The van der Waals surface area contributed by atoms with Crippen molar-refractivity contribution in [2.45, 2.75) is 26.7 Å². The minimum absolute atomic E-state index is 0.00261. The summed E-state index contributed by atoms with van der Waals surface area (Å²) in [5.74, 6) is -0.603. The number of hydrogen-bond donors (Lipinski definition) is 1. The molecule has 1 fully saturated rings. The minimum atomic E-state index is -0.512. The van der Waals surface area contributed by atoms with E-state index < -0.39 is 5.82 Å². The lowest BCUT2D eigenvalue weighted by Gasteiger charge is -2.38. The van der Waals surface area contributed by atoms with Crippen LogP contribution in [0, 0.1) is 11.2 Å². The fourth-order valence-corrected chi connectivity index (χ4v) is 2.98. The van der Waals surface area contributed by atoms with Gasteiger partial charge in [-0.3, -0.25) is 4.79 Å². The molecule has 1 amide bonds. The van der Waals surface area contributed by atoms with E-state index in [1.165, 1.54) is 12.1 Å². The lowest BCUT2D eigenvalue weighted by molar-refractivity contribution is 0.0582. The quantitative estimate of drug-likeness (QED) is 0.803. The highest BCUT2D eigenvalue weighted by Gasteiger charge is 2.30. The second kappa shape index (κ2) is 5.12. The first-order chi connectivity index (χ1) is 8.80. The first-order valence-electron chi connectivity index (χ1n) is 6.34. The molecule has 1 aromatic carbocycles. The largest absolute Gasteiger partial charge is 0.396 e. The number of rotatable bonds is 1. The predicted octanol–water partition coefficient (Wildman–Crippen LogP) is 3.43. The predicted molar refractivity (Wildman–Crippen MR) is 77.4 cm³/mol. The molecular formula is C14H18BrFN2O. The maximum atomic E-state index is 13.3. The van der Waals surface area contributed by atoms with Gasteiger partial charge < -0.3 is 10.6 Å². The lowest BCUT2D eigenvalue weighted by Crippen LogP contribution is -2.43. The van der Waals surface area contributed by atoms with Crippen LogP contribution >= 0.6 is 15.9 Å². The Bertz CT molecular complexity index is 516. The number of halogens is 2. The van der Waals surface area contributed by atoms with Crippen LogP contribution in [0.2, 0.25) is 0 Å². The molecule has 0 unspecified atom stereocenters. The van der Waals surface area contributed by atoms with E-state index in [0.29, 0.717) is 10.0 Å². The van der Waals surface area contributed by atoms with E-state index in [1.807, 2.05) is 4.90 Å². The fourth-order valence-electron chi connectivity index (χ4n) is 2.50. The number of nitrogen functional groups attached to an aromatic ring is 1. The van der Waals surface area contributed by atoms with Crippen LogP contribution in [0.3, 0.4) is 0 Å². The average Bonchev–Trinajstić information content (AvgIpc) is 2.31. The number of carbonyl (C=O) groups is 1. The van der Waals surface area contributed by atoms with E-state index in [4.69, 9.17) is 5.73 Å². The Morgan fingerprint density at radius 2 is 2.16 bits per heavy atom. The summed E-state index contributed by atoms with van der Waals surface area (Å²) < 4.78 is 13.8. The van der Waals surface area contributed by atoms with Crippen molar-refractivity contribution < 1.29 is 9.18 Å². The van der Waals surface area contributed by atoms with Crippen molar-refractivity contribution in [3.63, 3.8) is 0 Å². The highest BCUT2D eigenvalue weighted by molar-refractivity contribution is 9.10. The Kier molecular flexibility index (Phi) is 3.85. The van der Waals surface area contributed by atoms with E-state index in [0.717, 1.165) is 25.9 Å². The monoisotopic (exact) mass is 328 g/mol. The zero-order chi connectivity index (χ0) is 14.2. The highest BCUT2D eigenvalue weighted by atomic mass is 79.9. The van der Waals surface area contributed by atoms with Crippen molar-refractivity contribution in [1.82, 2.24) is 4.90 Å². The molecule has 1 aromatic rings. The van der Waals surface area contributed by atoms with Crippen molar-refractivity contribution in [3.8, 4) is 0 Å². The van der Waals surface area contributed by atoms with Gasteiger partial charge in [0.15, 0.2) is 0 Å². The Morgan fingerprint density at radius 1 is 1.47 bits per heavy atom. The number of anilines is 1. The third kappa shape index (κ3) is 3.08.